The van der Waals surface area contributed by atoms with Crippen LogP contribution in [0.5, 0.6) is 0 Å². The maximum absolute atomic E-state index is 14.0. The number of halogens is 3. The lowest BCUT2D eigenvalue weighted by atomic mass is 10.2. The zero-order valence-corrected chi connectivity index (χ0v) is 14.0. The van der Waals surface area contributed by atoms with Crippen molar-refractivity contribution in [2.24, 2.45) is 0 Å². The van der Waals surface area contributed by atoms with Crippen molar-refractivity contribution in [3.05, 3.63) is 64.8 Å². The third-order valence-electron chi connectivity index (χ3n) is 3.79. The SMILES string of the molecule is Fc1cc(Nc2nc(Nc3ccc4c(c3)CNN4)ncc2F)ccc1Cl. The number of benzene rings is 2. The van der Waals surface area contributed by atoms with Crippen LogP contribution in [0.15, 0.2) is 42.6 Å². The van der Waals surface area contributed by atoms with Crippen molar-refractivity contribution in [3.8, 4) is 0 Å². The first-order chi connectivity index (χ1) is 12.6. The first kappa shape index (κ1) is 16.5. The van der Waals surface area contributed by atoms with E-state index in [2.05, 4.69) is 31.5 Å². The highest BCUT2D eigenvalue weighted by atomic mass is 35.5. The molecule has 0 saturated heterocycles. The summed E-state index contributed by atoms with van der Waals surface area (Å²) in [5.41, 5.74) is 9.24. The number of nitrogens with one attached hydrogen (secondary N) is 4. The van der Waals surface area contributed by atoms with Crippen LogP contribution in [-0.4, -0.2) is 9.97 Å². The van der Waals surface area contributed by atoms with E-state index in [0.29, 0.717) is 12.2 Å². The van der Waals surface area contributed by atoms with Gasteiger partial charge in [0.25, 0.3) is 0 Å². The Hall–Kier alpha value is -2.97. The van der Waals surface area contributed by atoms with E-state index in [9.17, 15) is 8.78 Å². The lowest BCUT2D eigenvalue weighted by molar-refractivity contribution is 0.618. The minimum Gasteiger partial charge on any atom is -0.338 e. The van der Waals surface area contributed by atoms with E-state index in [4.69, 9.17) is 11.6 Å². The molecule has 6 nitrogen and oxygen atoms in total. The van der Waals surface area contributed by atoms with Crippen LogP contribution in [0.3, 0.4) is 0 Å². The summed E-state index contributed by atoms with van der Waals surface area (Å²) in [6, 6.07) is 9.78. The molecule has 2 heterocycles. The molecule has 0 atom stereocenters. The molecule has 0 fully saturated rings. The van der Waals surface area contributed by atoms with Crippen molar-refractivity contribution in [1.29, 1.82) is 0 Å². The van der Waals surface area contributed by atoms with E-state index < -0.39 is 11.6 Å². The van der Waals surface area contributed by atoms with Crippen LogP contribution in [0.2, 0.25) is 5.02 Å². The molecule has 0 aliphatic carbocycles. The molecule has 2 aromatic carbocycles. The zero-order chi connectivity index (χ0) is 18.1. The number of rotatable bonds is 4. The quantitative estimate of drug-likeness (QED) is 0.545. The van der Waals surface area contributed by atoms with Crippen molar-refractivity contribution in [2.75, 3.05) is 16.1 Å². The molecule has 9 heteroatoms. The summed E-state index contributed by atoms with van der Waals surface area (Å²) in [7, 11) is 0. The number of anilines is 5. The van der Waals surface area contributed by atoms with E-state index in [1.54, 1.807) is 0 Å². The molecular formula is C17H13ClF2N6. The molecule has 4 N–H and O–H groups in total. The maximum atomic E-state index is 14.0. The van der Waals surface area contributed by atoms with Gasteiger partial charge in [-0.2, -0.15) is 4.98 Å². The van der Waals surface area contributed by atoms with Gasteiger partial charge in [-0.05, 0) is 42.0 Å². The molecule has 0 radical (unpaired) electrons. The number of aromatic nitrogens is 2. The molecule has 4 rings (SSSR count). The molecular weight excluding hydrogens is 362 g/mol. The fraction of sp³-hybridized carbons (Fsp3) is 0.0588. The van der Waals surface area contributed by atoms with E-state index in [1.165, 1.54) is 12.1 Å². The van der Waals surface area contributed by atoms with Crippen molar-refractivity contribution < 1.29 is 8.78 Å². The van der Waals surface area contributed by atoms with Gasteiger partial charge in [-0.25, -0.2) is 19.2 Å². The van der Waals surface area contributed by atoms with Gasteiger partial charge < -0.3 is 16.1 Å². The Kier molecular flexibility index (Phi) is 4.27. The Bertz CT molecular complexity index is 981. The van der Waals surface area contributed by atoms with Gasteiger partial charge in [-0.15, -0.1) is 0 Å². The minimum absolute atomic E-state index is 0.0124. The number of nitrogens with zero attached hydrogens (tertiary/aromatic N) is 2. The van der Waals surface area contributed by atoms with Crippen LogP contribution in [-0.2, 0) is 6.54 Å². The van der Waals surface area contributed by atoms with Gasteiger partial charge in [-0.3, -0.25) is 0 Å². The number of hydrogen-bond donors (Lipinski definition) is 4. The molecule has 3 aromatic rings. The fourth-order valence-corrected chi connectivity index (χ4v) is 2.65. The van der Waals surface area contributed by atoms with Crippen LogP contribution in [0.25, 0.3) is 0 Å². The van der Waals surface area contributed by atoms with Gasteiger partial charge in [-0.1, -0.05) is 11.6 Å². The Morgan fingerprint density at radius 2 is 1.81 bits per heavy atom. The second kappa shape index (κ2) is 6.74. The largest absolute Gasteiger partial charge is 0.338 e. The number of fused-ring (bicyclic) bond motifs is 1. The van der Waals surface area contributed by atoms with Crippen molar-refractivity contribution in [2.45, 2.75) is 6.54 Å². The first-order valence-corrected chi connectivity index (χ1v) is 8.10. The maximum Gasteiger partial charge on any atom is 0.229 e. The zero-order valence-electron chi connectivity index (χ0n) is 13.3. The second-order valence-corrected chi connectivity index (χ2v) is 6.03. The normalized spacial score (nSPS) is 12.4. The predicted molar refractivity (Wildman–Crippen MR) is 96.9 cm³/mol. The fourth-order valence-electron chi connectivity index (χ4n) is 2.53. The Morgan fingerprint density at radius 3 is 2.65 bits per heavy atom. The summed E-state index contributed by atoms with van der Waals surface area (Å²) in [5, 5.41) is 5.74. The third kappa shape index (κ3) is 3.37. The topological polar surface area (TPSA) is 73.9 Å². The molecule has 132 valence electrons. The van der Waals surface area contributed by atoms with Crippen molar-refractivity contribution in [1.82, 2.24) is 15.4 Å². The predicted octanol–water partition coefficient (Wildman–Crippen LogP) is 4.33. The Labute approximate surface area is 152 Å². The van der Waals surface area contributed by atoms with Gasteiger partial charge in [0.05, 0.1) is 16.9 Å². The Morgan fingerprint density at radius 1 is 1.00 bits per heavy atom. The molecule has 26 heavy (non-hydrogen) atoms. The summed E-state index contributed by atoms with van der Waals surface area (Å²) in [4.78, 5) is 8.05. The highest BCUT2D eigenvalue weighted by Crippen LogP contribution is 2.26. The highest BCUT2D eigenvalue weighted by molar-refractivity contribution is 6.30. The van der Waals surface area contributed by atoms with Gasteiger partial charge >= 0.3 is 0 Å². The smallest absolute Gasteiger partial charge is 0.229 e. The monoisotopic (exact) mass is 374 g/mol. The molecule has 0 spiro atoms. The van der Waals surface area contributed by atoms with Crippen molar-refractivity contribution in [3.63, 3.8) is 0 Å². The van der Waals surface area contributed by atoms with E-state index in [-0.39, 0.29) is 16.8 Å². The van der Waals surface area contributed by atoms with Gasteiger partial charge in [0.1, 0.15) is 5.82 Å². The lowest BCUT2D eigenvalue weighted by Crippen LogP contribution is -2.10. The average molecular weight is 375 g/mol. The summed E-state index contributed by atoms with van der Waals surface area (Å²) < 4.78 is 27.5. The Balaban J connectivity index is 1.56. The van der Waals surface area contributed by atoms with Gasteiger partial charge in [0.2, 0.25) is 5.95 Å². The molecule has 1 aliphatic heterocycles. The van der Waals surface area contributed by atoms with Gasteiger partial charge in [0, 0.05) is 17.9 Å². The van der Waals surface area contributed by atoms with Gasteiger partial charge in [0.15, 0.2) is 11.6 Å². The van der Waals surface area contributed by atoms with Crippen molar-refractivity contribution >= 4 is 40.4 Å². The second-order valence-electron chi connectivity index (χ2n) is 5.62. The van der Waals surface area contributed by atoms with Crippen LogP contribution in [0.4, 0.5) is 37.6 Å². The molecule has 0 bridgehead atoms. The summed E-state index contributed by atoms with van der Waals surface area (Å²) in [6.45, 7) is 0.698. The molecule has 0 amide bonds. The lowest BCUT2D eigenvalue weighted by Gasteiger charge is -2.10. The third-order valence-corrected chi connectivity index (χ3v) is 4.10. The summed E-state index contributed by atoms with van der Waals surface area (Å²) >= 11 is 5.65. The number of hydrazine groups is 1. The van der Waals surface area contributed by atoms with Crippen LogP contribution in [0, 0.1) is 11.6 Å². The van der Waals surface area contributed by atoms with Crippen LogP contribution >= 0.6 is 11.6 Å². The first-order valence-electron chi connectivity index (χ1n) is 7.72. The number of hydrogen-bond acceptors (Lipinski definition) is 6. The van der Waals surface area contributed by atoms with Crippen LogP contribution in [0.1, 0.15) is 5.56 Å². The summed E-state index contributed by atoms with van der Waals surface area (Å²) in [6.07, 6.45) is 1.04. The summed E-state index contributed by atoms with van der Waals surface area (Å²) in [5.74, 6) is -1.13. The minimum atomic E-state index is -0.659. The average Bonchev–Trinajstić information content (AvgIpc) is 3.09. The molecule has 1 aromatic heterocycles. The van der Waals surface area contributed by atoms with E-state index in [1.807, 2.05) is 18.2 Å². The van der Waals surface area contributed by atoms with Crippen LogP contribution < -0.4 is 21.5 Å². The molecule has 0 saturated carbocycles. The standard InChI is InChI=1S/C17H13ClF2N6/c18-12-3-1-11(6-13(12)19)23-16-14(20)8-21-17(25-16)24-10-2-4-15-9(5-10)7-22-26-15/h1-6,8,22,26H,7H2,(H2,21,23,24,25). The molecule has 1 aliphatic rings. The van der Waals surface area contributed by atoms with E-state index >= 15 is 0 Å². The highest BCUT2D eigenvalue weighted by Gasteiger charge is 2.12. The molecule has 0 unspecified atom stereocenters. The van der Waals surface area contributed by atoms with E-state index in [0.717, 1.165) is 29.2 Å².